The van der Waals surface area contributed by atoms with Crippen LogP contribution in [0, 0.1) is 13.8 Å². The Balaban J connectivity index is 2.32. The summed E-state index contributed by atoms with van der Waals surface area (Å²) >= 11 is 0. The second kappa shape index (κ2) is 6.79. The van der Waals surface area contributed by atoms with Crippen LogP contribution < -0.4 is 5.73 Å². The van der Waals surface area contributed by atoms with E-state index < -0.39 is 0 Å². The highest BCUT2D eigenvalue weighted by Gasteiger charge is 2.13. The molecule has 1 unspecified atom stereocenters. The van der Waals surface area contributed by atoms with E-state index in [9.17, 15) is 4.79 Å². The van der Waals surface area contributed by atoms with Crippen molar-refractivity contribution < 1.29 is 9.53 Å². The molecule has 1 atom stereocenters. The van der Waals surface area contributed by atoms with Gasteiger partial charge in [0.1, 0.15) is 0 Å². The van der Waals surface area contributed by atoms with Gasteiger partial charge in [-0.3, -0.25) is 0 Å². The van der Waals surface area contributed by atoms with Crippen molar-refractivity contribution in [3.05, 3.63) is 52.8 Å². The third kappa shape index (κ3) is 3.39. The maximum absolute atomic E-state index is 11.7. The van der Waals surface area contributed by atoms with Gasteiger partial charge < -0.3 is 15.0 Å². The molecule has 2 N–H and O–H groups in total. The van der Waals surface area contributed by atoms with Crippen molar-refractivity contribution in [2.75, 3.05) is 6.61 Å². The van der Waals surface area contributed by atoms with E-state index in [-0.39, 0.29) is 12.0 Å². The number of aromatic nitrogens is 1. The minimum Gasteiger partial charge on any atom is -0.462 e. The molecule has 4 heteroatoms. The van der Waals surface area contributed by atoms with Crippen LogP contribution >= 0.6 is 0 Å². The SMILES string of the molecule is CCOC(=O)c1ccc(-n2c(C)cc(CC(C)N)c2C)cc1. The number of rotatable bonds is 5. The van der Waals surface area contributed by atoms with Crippen molar-refractivity contribution in [2.45, 2.75) is 40.2 Å². The van der Waals surface area contributed by atoms with Gasteiger partial charge in [-0.25, -0.2) is 4.79 Å². The minimum atomic E-state index is -0.285. The van der Waals surface area contributed by atoms with Crippen LogP contribution in [0.3, 0.4) is 0 Å². The number of carbonyl (C=O) groups is 1. The smallest absolute Gasteiger partial charge is 0.338 e. The first-order valence-corrected chi connectivity index (χ1v) is 7.65. The number of nitrogens with two attached hydrogens (primary N) is 1. The highest BCUT2D eigenvalue weighted by Crippen LogP contribution is 2.22. The molecule has 118 valence electrons. The fraction of sp³-hybridized carbons (Fsp3) is 0.389. The van der Waals surface area contributed by atoms with Crippen molar-refractivity contribution in [3.63, 3.8) is 0 Å². The molecule has 0 aliphatic carbocycles. The molecular formula is C18H24N2O2. The molecule has 0 fully saturated rings. The summed E-state index contributed by atoms with van der Waals surface area (Å²) < 4.78 is 7.20. The zero-order valence-electron chi connectivity index (χ0n) is 13.7. The van der Waals surface area contributed by atoms with E-state index in [1.165, 1.54) is 11.3 Å². The zero-order chi connectivity index (χ0) is 16.3. The quantitative estimate of drug-likeness (QED) is 0.863. The summed E-state index contributed by atoms with van der Waals surface area (Å²) in [7, 11) is 0. The number of hydrogen-bond acceptors (Lipinski definition) is 3. The molecular weight excluding hydrogens is 276 g/mol. The van der Waals surface area contributed by atoms with Gasteiger partial charge in [-0.1, -0.05) is 0 Å². The predicted molar refractivity (Wildman–Crippen MR) is 88.6 cm³/mol. The summed E-state index contributed by atoms with van der Waals surface area (Å²) in [6.45, 7) is 8.39. The Morgan fingerprint density at radius 1 is 1.27 bits per heavy atom. The number of benzene rings is 1. The first kappa shape index (κ1) is 16.3. The fourth-order valence-corrected chi connectivity index (χ4v) is 2.74. The molecule has 2 rings (SSSR count). The van der Waals surface area contributed by atoms with Crippen LogP contribution in [-0.4, -0.2) is 23.2 Å². The lowest BCUT2D eigenvalue weighted by Gasteiger charge is -2.11. The normalized spacial score (nSPS) is 12.2. The van der Waals surface area contributed by atoms with Crippen molar-refractivity contribution in [3.8, 4) is 5.69 Å². The maximum Gasteiger partial charge on any atom is 0.338 e. The molecule has 0 aliphatic heterocycles. The number of aryl methyl sites for hydroxylation is 1. The molecule has 22 heavy (non-hydrogen) atoms. The Morgan fingerprint density at radius 2 is 1.91 bits per heavy atom. The highest BCUT2D eigenvalue weighted by atomic mass is 16.5. The molecule has 0 bridgehead atoms. The maximum atomic E-state index is 11.7. The topological polar surface area (TPSA) is 57.2 Å². The van der Waals surface area contributed by atoms with E-state index in [4.69, 9.17) is 10.5 Å². The Hall–Kier alpha value is -2.07. The molecule has 0 saturated carbocycles. The summed E-state index contributed by atoms with van der Waals surface area (Å²) in [4.78, 5) is 11.7. The van der Waals surface area contributed by atoms with Gasteiger partial charge in [-0.05, 0) is 70.0 Å². The number of esters is 1. The van der Waals surface area contributed by atoms with E-state index in [1.54, 1.807) is 19.1 Å². The van der Waals surface area contributed by atoms with Crippen LogP contribution in [0.2, 0.25) is 0 Å². The van der Waals surface area contributed by atoms with Crippen LogP contribution in [0.5, 0.6) is 0 Å². The summed E-state index contributed by atoms with van der Waals surface area (Å²) in [5.74, 6) is -0.285. The third-order valence-corrected chi connectivity index (χ3v) is 3.71. The average Bonchev–Trinajstić information content (AvgIpc) is 2.73. The highest BCUT2D eigenvalue weighted by molar-refractivity contribution is 5.89. The minimum absolute atomic E-state index is 0.139. The van der Waals surface area contributed by atoms with E-state index in [0.717, 1.165) is 17.8 Å². The first-order valence-electron chi connectivity index (χ1n) is 7.65. The first-order chi connectivity index (χ1) is 10.4. The lowest BCUT2D eigenvalue weighted by atomic mass is 10.1. The Morgan fingerprint density at radius 3 is 2.45 bits per heavy atom. The second-order valence-corrected chi connectivity index (χ2v) is 5.68. The number of ether oxygens (including phenoxy) is 1. The fourth-order valence-electron chi connectivity index (χ4n) is 2.74. The molecule has 1 heterocycles. The molecule has 2 aromatic rings. The van der Waals surface area contributed by atoms with Crippen LogP contribution in [-0.2, 0) is 11.2 Å². The van der Waals surface area contributed by atoms with E-state index in [1.807, 2.05) is 19.1 Å². The van der Waals surface area contributed by atoms with Crippen LogP contribution in [0.4, 0.5) is 0 Å². The van der Waals surface area contributed by atoms with Gasteiger partial charge in [0.15, 0.2) is 0 Å². The number of carbonyl (C=O) groups excluding carboxylic acids is 1. The van der Waals surface area contributed by atoms with Gasteiger partial charge in [-0.2, -0.15) is 0 Å². The summed E-state index contributed by atoms with van der Waals surface area (Å²) in [5, 5.41) is 0. The average molecular weight is 300 g/mol. The molecule has 4 nitrogen and oxygen atoms in total. The van der Waals surface area contributed by atoms with E-state index >= 15 is 0 Å². The summed E-state index contributed by atoms with van der Waals surface area (Å²) in [6.07, 6.45) is 0.862. The van der Waals surface area contributed by atoms with Gasteiger partial charge in [0, 0.05) is 23.1 Å². The van der Waals surface area contributed by atoms with Gasteiger partial charge in [0.05, 0.1) is 12.2 Å². The van der Waals surface area contributed by atoms with Crippen molar-refractivity contribution in [1.82, 2.24) is 4.57 Å². The summed E-state index contributed by atoms with van der Waals surface area (Å²) in [5.41, 5.74) is 11.1. The van der Waals surface area contributed by atoms with Crippen molar-refractivity contribution >= 4 is 5.97 Å². The molecule has 0 saturated heterocycles. The molecule has 0 aliphatic rings. The number of hydrogen-bond donors (Lipinski definition) is 1. The van der Waals surface area contributed by atoms with Crippen LogP contribution in [0.1, 0.15) is 41.2 Å². The van der Waals surface area contributed by atoms with Crippen LogP contribution in [0.15, 0.2) is 30.3 Å². The van der Waals surface area contributed by atoms with Gasteiger partial charge in [0.25, 0.3) is 0 Å². The predicted octanol–water partition coefficient (Wildman–Crippen LogP) is 3.16. The van der Waals surface area contributed by atoms with Gasteiger partial charge >= 0.3 is 5.97 Å². The monoisotopic (exact) mass is 300 g/mol. The zero-order valence-corrected chi connectivity index (χ0v) is 13.7. The van der Waals surface area contributed by atoms with Crippen molar-refractivity contribution in [2.24, 2.45) is 5.73 Å². The van der Waals surface area contributed by atoms with Crippen molar-refractivity contribution in [1.29, 1.82) is 0 Å². The Kier molecular flexibility index (Phi) is 5.03. The molecule has 0 radical (unpaired) electrons. The summed E-state index contributed by atoms with van der Waals surface area (Å²) in [6, 6.07) is 9.82. The second-order valence-electron chi connectivity index (χ2n) is 5.68. The lowest BCUT2D eigenvalue weighted by molar-refractivity contribution is 0.0526. The van der Waals surface area contributed by atoms with Gasteiger partial charge in [-0.15, -0.1) is 0 Å². The largest absolute Gasteiger partial charge is 0.462 e. The molecule has 0 spiro atoms. The van der Waals surface area contributed by atoms with Gasteiger partial charge in [0.2, 0.25) is 0 Å². The van der Waals surface area contributed by atoms with Crippen LogP contribution in [0.25, 0.3) is 5.69 Å². The molecule has 1 aromatic carbocycles. The van der Waals surface area contributed by atoms with E-state index in [2.05, 4.69) is 24.5 Å². The lowest BCUT2D eigenvalue weighted by Crippen LogP contribution is -2.18. The molecule has 1 aromatic heterocycles. The standard InChI is InChI=1S/C18H24N2O2/c1-5-22-18(21)15-6-8-17(9-7-15)20-13(3)11-16(14(20)4)10-12(2)19/h6-9,11-12H,5,10,19H2,1-4H3. The Bertz CT molecular complexity index is 654. The third-order valence-electron chi connectivity index (χ3n) is 3.71. The van der Waals surface area contributed by atoms with E-state index in [0.29, 0.717) is 12.2 Å². The number of nitrogens with zero attached hydrogens (tertiary/aromatic N) is 1. The molecule has 0 amide bonds. The Labute approximate surface area is 131 Å².